The molecule has 2 aromatic carbocycles. The molecule has 12 heteroatoms. The number of aromatic nitrogens is 4. The summed E-state index contributed by atoms with van der Waals surface area (Å²) in [6.45, 7) is 12.6. The molecule has 2 N–H and O–H groups in total. The maximum atomic E-state index is 12.8. The molecule has 2 aliphatic heterocycles. The van der Waals surface area contributed by atoms with Gasteiger partial charge in [-0.25, -0.2) is 19.6 Å². The fourth-order valence-electron chi connectivity index (χ4n) is 6.11. The molecular weight excluding hydrogens is 645 g/mol. The molecule has 4 heterocycles. The van der Waals surface area contributed by atoms with Crippen molar-refractivity contribution in [3.05, 3.63) is 71.4 Å². The van der Waals surface area contributed by atoms with Gasteiger partial charge >= 0.3 is 12.2 Å². The smallest absolute Gasteiger partial charge is 0.410 e. The summed E-state index contributed by atoms with van der Waals surface area (Å²) in [5.41, 5.74) is 4.79. The lowest BCUT2D eigenvalue weighted by molar-refractivity contribution is 0.0208. The summed E-state index contributed by atoms with van der Waals surface area (Å²) in [5, 5.41) is 0. The molecule has 48 heavy (non-hydrogen) atoms. The first-order chi connectivity index (χ1) is 21.8. The van der Waals surface area contributed by atoms with Gasteiger partial charge in [0.25, 0.3) is 0 Å². The fraction of sp³-hybridized carbons (Fsp3) is 0.444. The van der Waals surface area contributed by atoms with E-state index in [1.807, 2.05) is 59.9 Å². The van der Waals surface area contributed by atoms with E-state index in [9.17, 15) is 9.59 Å². The molecule has 2 aliphatic rings. The van der Waals surface area contributed by atoms with Crippen LogP contribution in [-0.2, 0) is 9.47 Å². The van der Waals surface area contributed by atoms with Crippen LogP contribution in [0.5, 0.6) is 0 Å². The van der Waals surface area contributed by atoms with E-state index < -0.39 is 11.2 Å². The van der Waals surface area contributed by atoms with E-state index in [1.165, 1.54) is 0 Å². The van der Waals surface area contributed by atoms with Crippen LogP contribution in [0.1, 0.15) is 102 Å². The highest BCUT2D eigenvalue weighted by molar-refractivity contribution is 7.59. The molecular formula is C36H48N6O4S2. The highest BCUT2D eigenvalue weighted by Gasteiger charge is 2.36. The Morgan fingerprint density at radius 3 is 1.90 bits per heavy atom. The number of benzene rings is 2. The Bertz CT molecular complexity index is 1750. The number of nitrogens with one attached hydrogen (secondary N) is 2. The standard InChI is InChI=1S/C36H44N6O4.2H2S/c1-35(2,3)45-33(43)41-19-7-9-29(41)31-37-22-28(40-31)25-16-13-23(14-17-25)11-12-24-15-18-26-27(21-24)39-32(38-26)30-10-8-20-42(30)34(44)46-36(4,5)6;;/h11-18,21-22,29-30H,7-10,19-20H2,1-6H3,(H,37,40)(H,38,39);2*1H2/b12-11+;;/t29-,30-;;/m0../s1. The maximum Gasteiger partial charge on any atom is 0.410 e. The molecule has 0 radical (unpaired) electrons. The van der Waals surface area contributed by atoms with Crippen LogP contribution in [0.4, 0.5) is 9.59 Å². The molecule has 0 saturated carbocycles. The Hall–Kier alpha value is -3.90. The zero-order chi connectivity index (χ0) is 32.6. The summed E-state index contributed by atoms with van der Waals surface area (Å²) < 4.78 is 11.3. The molecule has 0 bridgehead atoms. The van der Waals surface area contributed by atoms with Crippen molar-refractivity contribution in [2.45, 2.75) is 90.5 Å². The monoisotopic (exact) mass is 692 g/mol. The number of hydrogen-bond acceptors (Lipinski definition) is 6. The highest BCUT2D eigenvalue weighted by Crippen LogP contribution is 2.34. The molecule has 0 spiro atoms. The molecule has 0 unspecified atom stereocenters. The number of fused-ring (bicyclic) bond motifs is 1. The fourth-order valence-corrected chi connectivity index (χ4v) is 6.11. The van der Waals surface area contributed by atoms with Gasteiger partial charge in [0.05, 0.1) is 35.0 Å². The van der Waals surface area contributed by atoms with Crippen molar-refractivity contribution >= 4 is 62.4 Å². The van der Waals surface area contributed by atoms with Gasteiger partial charge in [-0.15, -0.1) is 0 Å². The van der Waals surface area contributed by atoms with Crippen molar-refractivity contribution in [3.8, 4) is 11.3 Å². The van der Waals surface area contributed by atoms with Crippen LogP contribution in [0.2, 0.25) is 0 Å². The van der Waals surface area contributed by atoms with Crippen LogP contribution in [-0.4, -0.2) is 66.2 Å². The second-order valence-electron chi connectivity index (χ2n) is 14.2. The number of ether oxygens (including phenoxy) is 2. The number of rotatable bonds is 5. The lowest BCUT2D eigenvalue weighted by Gasteiger charge is -2.27. The zero-order valence-corrected chi connectivity index (χ0v) is 30.6. The minimum Gasteiger partial charge on any atom is -0.444 e. The quantitative estimate of drug-likeness (QED) is 0.203. The first-order valence-corrected chi connectivity index (χ1v) is 16.2. The van der Waals surface area contributed by atoms with Gasteiger partial charge < -0.3 is 19.4 Å². The summed E-state index contributed by atoms with van der Waals surface area (Å²) in [4.78, 5) is 45.4. The molecule has 2 atom stereocenters. The molecule has 4 aromatic rings. The molecule has 2 saturated heterocycles. The number of imidazole rings is 2. The molecule has 258 valence electrons. The van der Waals surface area contributed by atoms with Crippen molar-refractivity contribution in [1.82, 2.24) is 29.7 Å². The summed E-state index contributed by atoms with van der Waals surface area (Å²) >= 11 is 0. The van der Waals surface area contributed by atoms with Crippen LogP contribution in [0.3, 0.4) is 0 Å². The molecule has 2 amide bonds. The van der Waals surface area contributed by atoms with Crippen molar-refractivity contribution in [2.24, 2.45) is 0 Å². The third-order valence-electron chi connectivity index (χ3n) is 8.20. The van der Waals surface area contributed by atoms with E-state index in [-0.39, 0.29) is 51.3 Å². The Morgan fingerprint density at radius 1 is 0.771 bits per heavy atom. The minimum absolute atomic E-state index is 0. The maximum absolute atomic E-state index is 12.8. The average molecular weight is 693 g/mol. The van der Waals surface area contributed by atoms with Crippen LogP contribution in [0, 0.1) is 0 Å². The number of carbonyl (C=O) groups excluding carboxylic acids is 2. The Kier molecular flexibility index (Phi) is 11.3. The second-order valence-corrected chi connectivity index (χ2v) is 14.2. The van der Waals surface area contributed by atoms with E-state index in [0.717, 1.165) is 70.7 Å². The van der Waals surface area contributed by atoms with Crippen LogP contribution >= 0.6 is 27.0 Å². The number of hydrogen-bond donors (Lipinski definition) is 2. The summed E-state index contributed by atoms with van der Waals surface area (Å²) in [7, 11) is 0. The normalized spacial score (nSPS) is 18.2. The van der Waals surface area contributed by atoms with Crippen molar-refractivity contribution in [1.29, 1.82) is 0 Å². The van der Waals surface area contributed by atoms with Crippen LogP contribution in [0.15, 0.2) is 48.7 Å². The summed E-state index contributed by atoms with van der Waals surface area (Å²) in [5.74, 6) is 1.58. The summed E-state index contributed by atoms with van der Waals surface area (Å²) in [6, 6.07) is 14.2. The van der Waals surface area contributed by atoms with E-state index in [1.54, 1.807) is 9.80 Å². The molecule has 2 fully saturated rings. The van der Waals surface area contributed by atoms with Crippen molar-refractivity contribution in [2.75, 3.05) is 13.1 Å². The lowest BCUT2D eigenvalue weighted by atomic mass is 10.1. The van der Waals surface area contributed by atoms with Crippen LogP contribution in [0.25, 0.3) is 34.4 Å². The van der Waals surface area contributed by atoms with Gasteiger partial charge in [-0.2, -0.15) is 27.0 Å². The predicted molar refractivity (Wildman–Crippen MR) is 200 cm³/mol. The third-order valence-corrected chi connectivity index (χ3v) is 8.20. The van der Waals surface area contributed by atoms with E-state index >= 15 is 0 Å². The van der Waals surface area contributed by atoms with E-state index in [4.69, 9.17) is 14.5 Å². The van der Waals surface area contributed by atoms with Crippen molar-refractivity contribution < 1.29 is 19.1 Å². The minimum atomic E-state index is -0.537. The van der Waals surface area contributed by atoms with Gasteiger partial charge in [0, 0.05) is 13.1 Å². The molecule has 2 aromatic heterocycles. The van der Waals surface area contributed by atoms with E-state index in [0.29, 0.717) is 13.1 Å². The number of aromatic amines is 2. The van der Waals surface area contributed by atoms with Gasteiger partial charge in [0.1, 0.15) is 22.9 Å². The predicted octanol–water partition coefficient (Wildman–Crippen LogP) is 8.49. The zero-order valence-electron chi connectivity index (χ0n) is 28.6. The number of H-pyrrole nitrogens is 2. The van der Waals surface area contributed by atoms with Crippen LogP contribution < -0.4 is 0 Å². The molecule has 0 aliphatic carbocycles. The second kappa shape index (κ2) is 14.7. The number of amides is 2. The Morgan fingerprint density at radius 2 is 1.31 bits per heavy atom. The van der Waals surface area contributed by atoms with Crippen molar-refractivity contribution in [3.63, 3.8) is 0 Å². The number of carbonyl (C=O) groups is 2. The van der Waals surface area contributed by atoms with Gasteiger partial charge in [0.15, 0.2) is 0 Å². The lowest BCUT2D eigenvalue weighted by Crippen LogP contribution is -2.36. The highest BCUT2D eigenvalue weighted by atomic mass is 32.1. The van der Waals surface area contributed by atoms with E-state index in [2.05, 4.69) is 57.4 Å². The first-order valence-electron chi connectivity index (χ1n) is 16.2. The Balaban J connectivity index is 0.00000260. The van der Waals surface area contributed by atoms with Gasteiger partial charge in [-0.05, 0) is 96.0 Å². The van der Waals surface area contributed by atoms with Gasteiger partial charge in [0.2, 0.25) is 0 Å². The largest absolute Gasteiger partial charge is 0.444 e. The Labute approximate surface area is 296 Å². The number of nitrogens with zero attached hydrogens (tertiary/aromatic N) is 4. The SMILES string of the molecule is CC(C)(C)OC(=O)N1CCC[C@H]1c1ncc(-c2ccc(/C=C/c3ccc4nc([C@@H]5CCCN5C(=O)OC(C)(C)C)[nH]c4c3)cc2)[nH]1.S.S. The average Bonchev–Trinajstić information content (AvgIpc) is 3.79. The molecule has 10 nitrogen and oxygen atoms in total. The topological polar surface area (TPSA) is 116 Å². The van der Waals surface area contributed by atoms with Gasteiger partial charge in [-0.3, -0.25) is 9.80 Å². The third kappa shape index (κ3) is 8.57. The first kappa shape index (κ1) is 36.9. The molecule has 6 rings (SSSR count). The number of likely N-dealkylation sites (tertiary alicyclic amines) is 2. The van der Waals surface area contributed by atoms with Gasteiger partial charge in [-0.1, -0.05) is 42.5 Å². The summed E-state index contributed by atoms with van der Waals surface area (Å²) in [6.07, 6.45) is 8.95.